The second-order valence-electron chi connectivity index (χ2n) is 5.11. The molecule has 0 aromatic heterocycles. The van der Waals surface area contributed by atoms with Gasteiger partial charge in [-0.3, -0.25) is 5.41 Å². The van der Waals surface area contributed by atoms with Crippen molar-refractivity contribution in [1.29, 1.82) is 5.41 Å². The van der Waals surface area contributed by atoms with Gasteiger partial charge < -0.3 is 15.7 Å². The van der Waals surface area contributed by atoms with Crippen LogP contribution in [-0.4, -0.2) is 30.1 Å². The summed E-state index contributed by atoms with van der Waals surface area (Å²) in [5.74, 6) is 0.0544. The molecule has 4 nitrogen and oxygen atoms in total. The number of benzene rings is 1. The van der Waals surface area contributed by atoms with Crippen LogP contribution in [0.15, 0.2) is 22.7 Å². The fourth-order valence-corrected chi connectivity index (χ4v) is 3.26. The Bertz CT molecular complexity index is 478. The summed E-state index contributed by atoms with van der Waals surface area (Å²) in [6.07, 6.45) is 3.91. The van der Waals surface area contributed by atoms with E-state index in [9.17, 15) is 5.11 Å². The first kappa shape index (κ1) is 14.3. The van der Waals surface area contributed by atoms with Gasteiger partial charge in [0.2, 0.25) is 0 Å². The van der Waals surface area contributed by atoms with Crippen LogP contribution in [0.3, 0.4) is 0 Å². The number of anilines is 1. The Morgan fingerprint density at radius 3 is 2.68 bits per heavy atom. The van der Waals surface area contributed by atoms with Crippen LogP contribution in [0.1, 0.15) is 31.2 Å². The van der Waals surface area contributed by atoms with Crippen LogP contribution in [0.2, 0.25) is 0 Å². The lowest BCUT2D eigenvalue weighted by Gasteiger charge is -2.36. The van der Waals surface area contributed by atoms with E-state index < -0.39 is 0 Å². The first-order chi connectivity index (χ1) is 9.00. The highest BCUT2D eigenvalue weighted by Crippen LogP contribution is 2.29. The highest BCUT2D eigenvalue weighted by Gasteiger charge is 2.27. The fourth-order valence-electron chi connectivity index (χ4n) is 2.68. The molecule has 0 heterocycles. The minimum Gasteiger partial charge on any atom is -0.391 e. The van der Waals surface area contributed by atoms with Crippen molar-refractivity contribution in [1.82, 2.24) is 0 Å². The second-order valence-corrected chi connectivity index (χ2v) is 5.96. The SMILES string of the molecule is CN(c1ccc(C(=N)N)c(Br)c1)C1CCCCC1O. The minimum absolute atomic E-state index is 0.0544. The van der Waals surface area contributed by atoms with Gasteiger partial charge in [-0.15, -0.1) is 0 Å². The van der Waals surface area contributed by atoms with Crippen molar-refractivity contribution in [3.05, 3.63) is 28.2 Å². The maximum absolute atomic E-state index is 10.1. The molecule has 5 heteroatoms. The Labute approximate surface area is 122 Å². The lowest BCUT2D eigenvalue weighted by molar-refractivity contribution is 0.106. The maximum Gasteiger partial charge on any atom is 0.123 e. The molecule has 0 aliphatic heterocycles. The smallest absolute Gasteiger partial charge is 0.123 e. The van der Waals surface area contributed by atoms with E-state index in [0.29, 0.717) is 5.56 Å². The number of rotatable bonds is 3. The molecule has 2 unspecified atom stereocenters. The van der Waals surface area contributed by atoms with Gasteiger partial charge in [0.1, 0.15) is 5.84 Å². The summed E-state index contributed by atoms with van der Waals surface area (Å²) in [6.45, 7) is 0. The number of nitrogen functional groups attached to an aromatic ring is 1. The molecule has 19 heavy (non-hydrogen) atoms. The monoisotopic (exact) mass is 325 g/mol. The molecule has 0 saturated heterocycles. The zero-order chi connectivity index (χ0) is 14.0. The molecular formula is C14H20BrN3O. The van der Waals surface area contributed by atoms with E-state index >= 15 is 0 Å². The number of aliphatic hydroxyl groups is 1. The highest BCUT2D eigenvalue weighted by atomic mass is 79.9. The predicted octanol–water partition coefficient (Wildman–Crippen LogP) is 2.47. The Morgan fingerprint density at radius 1 is 1.42 bits per heavy atom. The van der Waals surface area contributed by atoms with Crippen LogP contribution in [0.4, 0.5) is 5.69 Å². The fraction of sp³-hybridized carbons (Fsp3) is 0.500. The number of nitrogens with two attached hydrogens (primary N) is 1. The lowest BCUT2D eigenvalue weighted by Crippen LogP contribution is -2.43. The molecular weight excluding hydrogens is 306 g/mol. The van der Waals surface area contributed by atoms with Crippen LogP contribution in [0, 0.1) is 5.41 Å². The third-order valence-electron chi connectivity index (χ3n) is 3.84. The Hall–Kier alpha value is -1.07. The van der Waals surface area contributed by atoms with Crippen molar-refractivity contribution in [3.8, 4) is 0 Å². The third-order valence-corrected chi connectivity index (χ3v) is 4.50. The van der Waals surface area contributed by atoms with Gasteiger partial charge in [0.25, 0.3) is 0 Å². The summed E-state index contributed by atoms with van der Waals surface area (Å²) in [7, 11) is 2.01. The average molecular weight is 326 g/mol. The van der Waals surface area contributed by atoms with E-state index in [-0.39, 0.29) is 18.0 Å². The van der Waals surface area contributed by atoms with E-state index in [2.05, 4.69) is 20.8 Å². The Kier molecular flexibility index (Phi) is 4.47. The summed E-state index contributed by atoms with van der Waals surface area (Å²) < 4.78 is 0.814. The summed E-state index contributed by atoms with van der Waals surface area (Å²) in [4.78, 5) is 2.12. The van der Waals surface area contributed by atoms with Crippen molar-refractivity contribution in [2.24, 2.45) is 5.73 Å². The number of aliphatic hydroxyl groups excluding tert-OH is 1. The molecule has 1 aliphatic carbocycles. The van der Waals surface area contributed by atoms with Crippen molar-refractivity contribution in [2.75, 3.05) is 11.9 Å². The molecule has 104 valence electrons. The molecule has 1 fully saturated rings. The number of nitrogens with zero attached hydrogens (tertiary/aromatic N) is 1. The topological polar surface area (TPSA) is 73.3 Å². The molecule has 1 aromatic rings. The lowest BCUT2D eigenvalue weighted by atomic mass is 9.91. The first-order valence-electron chi connectivity index (χ1n) is 6.55. The molecule has 0 radical (unpaired) electrons. The standard InChI is InChI=1S/C14H20BrN3O/c1-18(12-4-2-3-5-13(12)19)9-6-7-10(14(16)17)11(15)8-9/h6-8,12-13,19H,2-5H2,1H3,(H3,16,17). The summed E-state index contributed by atoms with van der Waals surface area (Å²) in [5.41, 5.74) is 7.23. The van der Waals surface area contributed by atoms with Gasteiger partial charge in [-0.05, 0) is 47.0 Å². The Morgan fingerprint density at radius 2 is 2.11 bits per heavy atom. The van der Waals surface area contributed by atoms with E-state index in [1.807, 2.05) is 25.2 Å². The average Bonchev–Trinajstić information content (AvgIpc) is 2.38. The van der Waals surface area contributed by atoms with E-state index in [4.69, 9.17) is 11.1 Å². The van der Waals surface area contributed by atoms with Crippen LogP contribution in [-0.2, 0) is 0 Å². The third kappa shape index (κ3) is 3.09. The van der Waals surface area contributed by atoms with Gasteiger partial charge in [0.15, 0.2) is 0 Å². The normalized spacial score (nSPS) is 23.1. The van der Waals surface area contributed by atoms with Gasteiger partial charge in [-0.2, -0.15) is 0 Å². The number of amidine groups is 1. The van der Waals surface area contributed by atoms with E-state index in [1.165, 1.54) is 6.42 Å². The minimum atomic E-state index is -0.259. The molecule has 0 bridgehead atoms. The van der Waals surface area contributed by atoms with Gasteiger partial charge in [0, 0.05) is 22.8 Å². The van der Waals surface area contributed by atoms with Crippen molar-refractivity contribution >= 4 is 27.5 Å². The molecule has 0 amide bonds. The zero-order valence-corrected chi connectivity index (χ0v) is 12.7. The second kappa shape index (κ2) is 5.92. The molecule has 4 N–H and O–H groups in total. The van der Waals surface area contributed by atoms with E-state index in [0.717, 1.165) is 29.4 Å². The highest BCUT2D eigenvalue weighted by molar-refractivity contribution is 9.10. The molecule has 2 atom stereocenters. The summed E-state index contributed by atoms with van der Waals surface area (Å²) in [5, 5.41) is 17.6. The van der Waals surface area contributed by atoms with E-state index in [1.54, 1.807) is 0 Å². The first-order valence-corrected chi connectivity index (χ1v) is 7.35. The molecule has 1 aliphatic rings. The zero-order valence-electron chi connectivity index (χ0n) is 11.1. The van der Waals surface area contributed by atoms with Crippen molar-refractivity contribution < 1.29 is 5.11 Å². The summed E-state index contributed by atoms with van der Waals surface area (Å²) in [6, 6.07) is 5.91. The van der Waals surface area contributed by atoms with Crippen LogP contribution in [0.25, 0.3) is 0 Å². The molecule has 1 aromatic carbocycles. The van der Waals surface area contributed by atoms with Gasteiger partial charge in [-0.1, -0.05) is 12.8 Å². The molecule has 1 saturated carbocycles. The van der Waals surface area contributed by atoms with Crippen molar-refractivity contribution in [2.45, 2.75) is 37.8 Å². The number of nitrogens with one attached hydrogen (secondary N) is 1. The predicted molar refractivity (Wildman–Crippen MR) is 81.8 cm³/mol. The van der Waals surface area contributed by atoms with Crippen LogP contribution >= 0.6 is 15.9 Å². The number of hydrogen-bond acceptors (Lipinski definition) is 3. The largest absolute Gasteiger partial charge is 0.391 e. The van der Waals surface area contributed by atoms with Gasteiger partial charge >= 0.3 is 0 Å². The van der Waals surface area contributed by atoms with Gasteiger partial charge in [-0.25, -0.2) is 0 Å². The van der Waals surface area contributed by atoms with Crippen LogP contribution in [0.5, 0.6) is 0 Å². The summed E-state index contributed by atoms with van der Waals surface area (Å²) >= 11 is 3.45. The Balaban J connectivity index is 2.21. The quantitative estimate of drug-likeness (QED) is 0.590. The number of likely N-dealkylation sites (N-methyl/N-ethyl adjacent to an activating group) is 1. The molecule has 0 spiro atoms. The van der Waals surface area contributed by atoms with Crippen molar-refractivity contribution in [3.63, 3.8) is 0 Å². The number of halogens is 1. The van der Waals surface area contributed by atoms with Crippen LogP contribution < -0.4 is 10.6 Å². The maximum atomic E-state index is 10.1. The molecule has 2 rings (SSSR count). The number of hydrogen-bond donors (Lipinski definition) is 3. The van der Waals surface area contributed by atoms with Gasteiger partial charge in [0.05, 0.1) is 12.1 Å².